The van der Waals surface area contributed by atoms with E-state index in [4.69, 9.17) is 0 Å². The Morgan fingerprint density at radius 3 is 2.81 bits per heavy atom. The standard InChI is InChI=1S/C14H16N4O3/c1-14(2)11(6-12(14)19)17-13-9-5-8(18(20)21)3-4-10(9)15-7-16-13/h3-5,7,11-12,19H,6H2,1-2H3,(H,15,16,17). The number of hydrogen-bond acceptors (Lipinski definition) is 6. The van der Waals surface area contributed by atoms with Crippen molar-refractivity contribution in [2.45, 2.75) is 32.4 Å². The molecule has 0 bridgehead atoms. The Bertz CT molecular complexity index is 716. The molecule has 3 rings (SSSR count). The molecule has 1 aliphatic rings. The monoisotopic (exact) mass is 288 g/mol. The van der Waals surface area contributed by atoms with Crippen molar-refractivity contribution in [3.8, 4) is 0 Å². The molecule has 0 radical (unpaired) electrons. The first-order chi connectivity index (χ1) is 9.89. The van der Waals surface area contributed by atoms with Crippen molar-refractivity contribution in [2.75, 3.05) is 5.32 Å². The van der Waals surface area contributed by atoms with Crippen LogP contribution in [0, 0.1) is 15.5 Å². The Hall–Kier alpha value is -2.28. The highest BCUT2D eigenvalue weighted by atomic mass is 16.6. The molecule has 2 atom stereocenters. The molecule has 1 heterocycles. The van der Waals surface area contributed by atoms with Crippen molar-refractivity contribution in [2.24, 2.45) is 5.41 Å². The molecule has 0 amide bonds. The minimum atomic E-state index is -0.437. The first-order valence-electron chi connectivity index (χ1n) is 6.73. The van der Waals surface area contributed by atoms with Crippen LogP contribution in [-0.4, -0.2) is 32.1 Å². The van der Waals surface area contributed by atoms with Gasteiger partial charge in [0.2, 0.25) is 0 Å². The number of rotatable bonds is 3. The molecule has 1 aromatic heterocycles. The molecular weight excluding hydrogens is 272 g/mol. The molecule has 110 valence electrons. The van der Waals surface area contributed by atoms with Crippen molar-refractivity contribution in [3.05, 3.63) is 34.6 Å². The smallest absolute Gasteiger partial charge is 0.270 e. The fourth-order valence-electron chi connectivity index (χ4n) is 2.59. The Morgan fingerprint density at radius 2 is 2.19 bits per heavy atom. The third-order valence-electron chi connectivity index (χ3n) is 4.36. The van der Waals surface area contributed by atoms with Crippen LogP contribution in [0.2, 0.25) is 0 Å². The molecule has 1 saturated carbocycles. The van der Waals surface area contributed by atoms with E-state index in [0.29, 0.717) is 23.1 Å². The number of aliphatic hydroxyl groups excluding tert-OH is 1. The second-order valence-electron chi connectivity index (χ2n) is 5.95. The predicted octanol–water partition coefficient (Wildman–Crippen LogP) is 2.11. The largest absolute Gasteiger partial charge is 0.392 e. The van der Waals surface area contributed by atoms with E-state index in [0.717, 1.165) is 0 Å². The molecule has 0 aliphatic heterocycles. The topological polar surface area (TPSA) is 101 Å². The SMILES string of the molecule is CC1(C)C(O)CC1Nc1ncnc2ccc([N+](=O)[O-])cc12. The Kier molecular flexibility index (Phi) is 3.02. The van der Waals surface area contributed by atoms with Gasteiger partial charge < -0.3 is 10.4 Å². The van der Waals surface area contributed by atoms with Gasteiger partial charge in [-0.2, -0.15) is 0 Å². The third-order valence-corrected chi connectivity index (χ3v) is 4.36. The van der Waals surface area contributed by atoms with E-state index >= 15 is 0 Å². The number of nitro groups is 1. The first-order valence-corrected chi connectivity index (χ1v) is 6.73. The maximum Gasteiger partial charge on any atom is 0.270 e. The number of anilines is 1. The van der Waals surface area contributed by atoms with E-state index in [1.54, 1.807) is 6.07 Å². The minimum Gasteiger partial charge on any atom is -0.392 e. The quantitative estimate of drug-likeness (QED) is 0.662. The van der Waals surface area contributed by atoms with Crippen molar-refractivity contribution in [1.82, 2.24) is 9.97 Å². The summed E-state index contributed by atoms with van der Waals surface area (Å²) < 4.78 is 0. The maximum absolute atomic E-state index is 10.9. The minimum absolute atomic E-state index is 0.00764. The van der Waals surface area contributed by atoms with E-state index in [9.17, 15) is 15.2 Å². The van der Waals surface area contributed by atoms with Crippen LogP contribution in [0.4, 0.5) is 11.5 Å². The molecule has 2 N–H and O–H groups in total. The molecule has 1 aliphatic carbocycles. The van der Waals surface area contributed by atoms with Gasteiger partial charge in [0, 0.05) is 29.0 Å². The van der Waals surface area contributed by atoms with Gasteiger partial charge in [-0.3, -0.25) is 10.1 Å². The second-order valence-corrected chi connectivity index (χ2v) is 5.95. The number of aromatic nitrogens is 2. The van der Waals surface area contributed by atoms with Gasteiger partial charge in [0.1, 0.15) is 12.1 Å². The number of hydrogen-bond donors (Lipinski definition) is 2. The lowest BCUT2D eigenvalue weighted by atomic mass is 9.64. The molecular formula is C14H16N4O3. The van der Waals surface area contributed by atoms with Gasteiger partial charge in [-0.25, -0.2) is 9.97 Å². The van der Waals surface area contributed by atoms with Gasteiger partial charge in [-0.05, 0) is 12.5 Å². The number of benzene rings is 1. The highest BCUT2D eigenvalue weighted by Crippen LogP contribution is 2.42. The van der Waals surface area contributed by atoms with E-state index in [2.05, 4.69) is 15.3 Å². The molecule has 2 unspecified atom stereocenters. The van der Waals surface area contributed by atoms with Crippen LogP contribution < -0.4 is 5.32 Å². The van der Waals surface area contributed by atoms with Crippen molar-refractivity contribution in [3.63, 3.8) is 0 Å². The normalized spacial score (nSPS) is 23.6. The Labute approximate surface area is 121 Å². The zero-order valence-electron chi connectivity index (χ0n) is 11.8. The van der Waals surface area contributed by atoms with Crippen LogP contribution in [0.25, 0.3) is 10.9 Å². The Balaban J connectivity index is 1.98. The molecule has 0 spiro atoms. The van der Waals surface area contributed by atoms with Gasteiger partial charge in [0.25, 0.3) is 5.69 Å². The lowest BCUT2D eigenvalue weighted by Gasteiger charge is -2.49. The molecule has 0 saturated heterocycles. The van der Waals surface area contributed by atoms with Crippen molar-refractivity contribution < 1.29 is 10.0 Å². The van der Waals surface area contributed by atoms with Crippen LogP contribution in [0.5, 0.6) is 0 Å². The summed E-state index contributed by atoms with van der Waals surface area (Å²) in [5.41, 5.74) is 0.405. The summed E-state index contributed by atoms with van der Waals surface area (Å²) in [6, 6.07) is 4.58. The van der Waals surface area contributed by atoms with Crippen molar-refractivity contribution >= 4 is 22.4 Å². The van der Waals surface area contributed by atoms with Gasteiger partial charge in [0.15, 0.2) is 0 Å². The fourth-order valence-corrected chi connectivity index (χ4v) is 2.59. The number of fused-ring (bicyclic) bond motifs is 1. The number of nitrogens with one attached hydrogen (secondary N) is 1. The van der Waals surface area contributed by atoms with Crippen molar-refractivity contribution in [1.29, 1.82) is 0 Å². The maximum atomic E-state index is 10.9. The Morgan fingerprint density at radius 1 is 1.43 bits per heavy atom. The van der Waals surface area contributed by atoms with E-state index in [-0.39, 0.29) is 23.2 Å². The second kappa shape index (κ2) is 4.63. The fraction of sp³-hybridized carbons (Fsp3) is 0.429. The lowest BCUT2D eigenvalue weighted by Crippen LogP contribution is -2.57. The molecule has 7 nitrogen and oxygen atoms in total. The summed E-state index contributed by atoms with van der Waals surface area (Å²) in [6.07, 6.45) is 1.71. The zero-order chi connectivity index (χ0) is 15.2. The van der Waals surface area contributed by atoms with Gasteiger partial charge in [-0.15, -0.1) is 0 Å². The number of non-ortho nitro benzene ring substituents is 1. The molecule has 7 heteroatoms. The summed E-state index contributed by atoms with van der Waals surface area (Å²) in [5.74, 6) is 0.564. The van der Waals surface area contributed by atoms with E-state index in [1.807, 2.05) is 13.8 Å². The van der Waals surface area contributed by atoms with Gasteiger partial charge >= 0.3 is 0 Å². The van der Waals surface area contributed by atoms with Gasteiger partial charge in [-0.1, -0.05) is 13.8 Å². The summed E-state index contributed by atoms with van der Waals surface area (Å²) in [7, 11) is 0. The summed E-state index contributed by atoms with van der Waals surface area (Å²) in [4.78, 5) is 18.8. The lowest BCUT2D eigenvalue weighted by molar-refractivity contribution is -0.384. The number of nitrogens with zero attached hydrogens (tertiary/aromatic N) is 3. The van der Waals surface area contributed by atoms with E-state index in [1.165, 1.54) is 18.5 Å². The number of aliphatic hydroxyl groups is 1. The molecule has 21 heavy (non-hydrogen) atoms. The summed E-state index contributed by atoms with van der Waals surface area (Å²) >= 11 is 0. The van der Waals surface area contributed by atoms with Crippen LogP contribution in [-0.2, 0) is 0 Å². The average Bonchev–Trinajstić information content (AvgIpc) is 2.46. The summed E-state index contributed by atoms with van der Waals surface area (Å²) in [5, 5.41) is 24.6. The highest BCUT2D eigenvalue weighted by Gasteiger charge is 2.47. The van der Waals surface area contributed by atoms with Crippen LogP contribution in [0.1, 0.15) is 20.3 Å². The molecule has 1 aromatic carbocycles. The predicted molar refractivity (Wildman–Crippen MR) is 78.0 cm³/mol. The number of nitro benzene ring substituents is 1. The van der Waals surface area contributed by atoms with Gasteiger partial charge in [0.05, 0.1) is 16.5 Å². The average molecular weight is 288 g/mol. The van der Waals surface area contributed by atoms with Crippen LogP contribution >= 0.6 is 0 Å². The van der Waals surface area contributed by atoms with Crippen LogP contribution in [0.3, 0.4) is 0 Å². The van der Waals surface area contributed by atoms with Crippen LogP contribution in [0.15, 0.2) is 24.5 Å². The molecule has 1 fully saturated rings. The zero-order valence-corrected chi connectivity index (χ0v) is 11.8. The van der Waals surface area contributed by atoms with E-state index < -0.39 is 4.92 Å². The highest BCUT2D eigenvalue weighted by molar-refractivity contribution is 5.90. The third kappa shape index (κ3) is 2.19. The summed E-state index contributed by atoms with van der Waals surface area (Å²) in [6.45, 7) is 3.95. The first kappa shape index (κ1) is 13.7. The molecule has 2 aromatic rings.